The lowest BCUT2D eigenvalue weighted by Crippen LogP contribution is -2.46. The van der Waals surface area contributed by atoms with E-state index in [-0.39, 0.29) is 6.10 Å². The minimum atomic E-state index is -0.145. The Bertz CT molecular complexity index is 197. The number of hydrogen-bond donors (Lipinski definition) is 1. The van der Waals surface area contributed by atoms with Gasteiger partial charge in [-0.1, -0.05) is 33.1 Å². The summed E-state index contributed by atoms with van der Waals surface area (Å²) in [4.78, 5) is 2.43. The van der Waals surface area contributed by atoms with Crippen LogP contribution < -0.4 is 0 Å². The van der Waals surface area contributed by atoms with Gasteiger partial charge in [-0.15, -0.1) is 0 Å². The highest BCUT2D eigenvalue weighted by Crippen LogP contribution is 2.23. The summed E-state index contributed by atoms with van der Waals surface area (Å²) >= 11 is 0. The van der Waals surface area contributed by atoms with Gasteiger partial charge in [-0.25, -0.2) is 0 Å². The Morgan fingerprint density at radius 3 is 2.59 bits per heavy atom. The van der Waals surface area contributed by atoms with Crippen molar-refractivity contribution < 1.29 is 9.84 Å². The first kappa shape index (κ1) is 14.9. The molecule has 1 aliphatic carbocycles. The third-order valence-electron chi connectivity index (χ3n) is 3.60. The molecule has 0 aromatic carbocycles. The van der Waals surface area contributed by atoms with Gasteiger partial charge >= 0.3 is 0 Å². The lowest BCUT2D eigenvalue weighted by molar-refractivity contribution is 0.0240. The highest BCUT2D eigenvalue weighted by molar-refractivity contribution is 4.82. The molecule has 17 heavy (non-hydrogen) atoms. The molecule has 1 N–H and O–H groups in total. The number of aliphatic hydroxyl groups is 1. The third kappa shape index (κ3) is 5.36. The smallest absolute Gasteiger partial charge is 0.0695 e. The Labute approximate surface area is 106 Å². The number of methoxy groups -OCH3 is 1. The van der Waals surface area contributed by atoms with Crippen LogP contribution in [-0.4, -0.2) is 49.0 Å². The van der Waals surface area contributed by atoms with Crippen LogP contribution in [-0.2, 0) is 4.74 Å². The summed E-state index contributed by atoms with van der Waals surface area (Å²) in [6, 6.07) is 0.343. The zero-order valence-corrected chi connectivity index (χ0v) is 11.7. The molecule has 0 saturated heterocycles. The monoisotopic (exact) mass is 243 g/mol. The van der Waals surface area contributed by atoms with Crippen LogP contribution in [0.25, 0.3) is 0 Å². The van der Waals surface area contributed by atoms with Gasteiger partial charge in [-0.3, -0.25) is 4.90 Å². The first-order chi connectivity index (χ1) is 8.15. The second-order valence-electron chi connectivity index (χ2n) is 5.65. The first-order valence-corrected chi connectivity index (χ1v) is 7.06. The predicted octanol–water partition coefficient (Wildman–Crippen LogP) is 2.28. The maximum atomic E-state index is 10.2. The summed E-state index contributed by atoms with van der Waals surface area (Å²) < 4.78 is 5.19. The molecule has 1 aliphatic rings. The maximum absolute atomic E-state index is 10.2. The number of hydrogen-bond acceptors (Lipinski definition) is 3. The summed E-state index contributed by atoms with van der Waals surface area (Å²) in [5.74, 6) is 0.641. The van der Waals surface area contributed by atoms with Crippen molar-refractivity contribution in [2.24, 2.45) is 5.92 Å². The van der Waals surface area contributed by atoms with Crippen LogP contribution in [0.5, 0.6) is 0 Å². The molecule has 102 valence electrons. The van der Waals surface area contributed by atoms with E-state index < -0.39 is 0 Å². The number of rotatable bonds is 6. The molecule has 0 radical (unpaired) electrons. The summed E-state index contributed by atoms with van der Waals surface area (Å²) in [6.45, 7) is 7.24. The zero-order chi connectivity index (χ0) is 12.7. The molecule has 0 aliphatic heterocycles. The van der Waals surface area contributed by atoms with Gasteiger partial charge in [-0.2, -0.15) is 0 Å². The quantitative estimate of drug-likeness (QED) is 0.727. The van der Waals surface area contributed by atoms with E-state index in [0.717, 1.165) is 32.5 Å². The molecular weight excluding hydrogens is 214 g/mol. The minimum absolute atomic E-state index is 0.145. The van der Waals surface area contributed by atoms with Crippen molar-refractivity contribution >= 4 is 0 Å². The molecule has 0 amide bonds. The Morgan fingerprint density at radius 2 is 1.94 bits per heavy atom. The van der Waals surface area contributed by atoms with E-state index in [1.807, 2.05) is 0 Å². The van der Waals surface area contributed by atoms with Crippen LogP contribution in [0, 0.1) is 5.92 Å². The Morgan fingerprint density at radius 1 is 1.24 bits per heavy atom. The van der Waals surface area contributed by atoms with Crippen LogP contribution in [0.1, 0.15) is 46.0 Å². The maximum Gasteiger partial charge on any atom is 0.0695 e. The molecule has 2 unspecified atom stereocenters. The lowest BCUT2D eigenvalue weighted by atomic mass is 10.0. The van der Waals surface area contributed by atoms with E-state index in [1.165, 1.54) is 19.3 Å². The average molecular weight is 243 g/mol. The van der Waals surface area contributed by atoms with E-state index in [1.54, 1.807) is 7.11 Å². The van der Waals surface area contributed by atoms with Crippen molar-refractivity contribution in [1.82, 2.24) is 4.90 Å². The highest BCUT2D eigenvalue weighted by Gasteiger charge is 2.27. The van der Waals surface area contributed by atoms with Gasteiger partial charge in [-0.05, 0) is 18.8 Å². The Hall–Kier alpha value is -0.120. The molecule has 3 heteroatoms. The molecule has 3 nitrogen and oxygen atoms in total. The molecule has 1 rings (SSSR count). The Kier molecular flexibility index (Phi) is 7.09. The molecule has 0 spiro atoms. The van der Waals surface area contributed by atoms with Gasteiger partial charge in [0.15, 0.2) is 0 Å². The largest absolute Gasteiger partial charge is 0.391 e. The van der Waals surface area contributed by atoms with Crippen LogP contribution in [0.4, 0.5) is 0 Å². The third-order valence-corrected chi connectivity index (χ3v) is 3.60. The molecule has 1 fully saturated rings. The first-order valence-electron chi connectivity index (χ1n) is 7.06. The van der Waals surface area contributed by atoms with Gasteiger partial charge in [0.05, 0.1) is 12.7 Å². The van der Waals surface area contributed by atoms with Crippen molar-refractivity contribution in [2.75, 3.05) is 26.8 Å². The van der Waals surface area contributed by atoms with E-state index in [0.29, 0.717) is 12.0 Å². The molecule has 0 aromatic rings. The second kappa shape index (κ2) is 8.06. The predicted molar refractivity (Wildman–Crippen MR) is 71.2 cm³/mol. The van der Waals surface area contributed by atoms with Gasteiger partial charge < -0.3 is 9.84 Å². The fraction of sp³-hybridized carbons (Fsp3) is 1.00. The number of aliphatic hydroxyl groups excluding tert-OH is 1. The Balaban J connectivity index is 2.57. The molecule has 1 saturated carbocycles. The summed E-state index contributed by atoms with van der Waals surface area (Å²) in [5.41, 5.74) is 0. The average Bonchev–Trinajstić information content (AvgIpc) is 2.49. The topological polar surface area (TPSA) is 32.7 Å². The normalized spacial score (nSPS) is 26.5. The van der Waals surface area contributed by atoms with Crippen LogP contribution in [0.3, 0.4) is 0 Å². The summed E-state index contributed by atoms with van der Waals surface area (Å²) in [6.07, 6.45) is 5.66. The van der Waals surface area contributed by atoms with Gasteiger partial charge in [0.2, 0.25) is 0 Å². The van der Waals surface area contributed by atoms with Gasteiger partial charge in [0, 0.05) is 26.2 Å². The van der Waals surface area contributed by atoms with Gasteiger partial charge in [0.1, 0.15) is 0 Å². The zero-order valence-electron chi connectivity index (χ0n) is 11.7. The fourth-order valence-electron chi connectivity index (χ4n) is 2.76. The van der Waals surface area contributed by atoms with Crippen molar-refractivity contribution in [1.29, 1.82) is 0 Å². The van der Waals surface area contributed by atoms with Crippen molar-refractivity contribution in [3.05, 3.63) is 0 Å². The molecule has 0 bridgehead atoms. The van der Waals surface area contributed by atoms with Crippen LogP contribution in [0.15, 0.2) is 0 Å². The number of nitrogens with zero attached hydrogens (tertiary/aromatic N) is 1. The van der Waals surface area contributed by atoms with E-state index in [4.69, 9.17) is 4.74 Å². The van der Waals surface area contributed by atoms with E-state index >= 15 is 0 Å². The fourth-order valence-corrected chi connectivity index (χ4v) is 2.76. The minimum Gasteiger partial charge on any atom is -0.391 e. The second-order valence-corrected chi connectivity index (χ2v) is 5.65. The van der Waals surface area contributed by atoms with Crippen LogP contribution >= 0.6 is 0 Å². The molecule has 2 atom stereocenters. The van der Waals surface area contributed by atoms with Crippen molar-refractivity contribution in [2.45, 2.75) is 58.1 Å². The molecule has 0 heterocycles. The van der Waals surface area contributed by atoms with Crippen molar-refractivity contribution in [3.8, 4) is 0 Å². The lowest BCUT2D eigenvalue weighted by Gasteiger charge is -2.35. The highest BCUT2D eigenvalue weighted by atomic mass is 16.5. The standard InChI is InChI=1S/C14H29NO2/c1-12(2)11-15(9-10-17-3)13-7-5-4-6-8-14(13)16/h12-14,16H,4-11H2,1-3H3. The van der Waals surface area contributed by atoms with E-state index in [2.05, 4.69) is 18.7 Å². The van der Waals surface area contributed by atoms with E-state index in [9.17, 15) is 5.11 Å². The van der Waals surface area contributed by atoms with Crippen molar-refractivity contribution in [3.63, 3.8) is 0 Å². The molecule has 0 aromatic heterocycles. The van der Waals surface area contributed by atoms with Gasteiger partial charge in [0.25, 0.3) is 0 Å². The molecular formula is C14H29NO2. The summed E-state index contributed by atoms with van der Waals surface area (Å²) in [5, 5.41) is 10.2. The van der Waals surface area contributed by atoms with Crippen LogP contribution in [0.2, 0.25) is 0 Å². The SMILES string of the molecule is COCCN(CC(C)C)C1CCCCCC1O. The summed E-state index contributed by atoms with van der Waals surface area (Å²) in [7, 11) is 1.75. The number of ether oxygens (including phenoxy) is 1.